The summed E-state index contributed by atoms with van der Waals surface area (Å²) in [6.45, 7) is 5.56. The molecule has 4 heterocycles. The molecule has 2 N–H and O–H groups in total. The highest BCUT2D eigenvalue weighted by molar-refractivity contribution is 6.06. The maximum Gasteiger partial charge on any atom is 0.343 e. The molecule has 6 atom stereocenters. The van der Waals surface area contributed by atoms with Crippen molar-refractivity contribution in [1.82, 2.24) is 9.55 Å². The standard InChI is InChI=1S/C33H35N5O4/c1-32-10-9-28(40)33(2,19-39)27(32)17-26-24(18-38-14-13-36-31(38)37-26)25(32)8-7-22-16-23(42-30(22)41)15-20-3-5-21(6-4-20)29-34-11-12-35-29/h3-8,11,13-16,24-25,27-28,39-40H,9-10,12,17-19H2,1-2H3/b8-7+,23-15+/t24?,25?,27?,28-,32-,33+/m1/s1. The zero-order valence-electron chi connectivity index (χ0n) is 23.8. The zero-order chi connectivity index (χ0) is 29.1. The normalized spacial score (nSPS) is 34.5. The number of imidazole rings is 1. The highest BCUT2D eigenvalue weighted by atomic mass is 16.5. The van der Waals surface area contributed by atoms with E-state index in [4.69, 9.17) is 9.73 Å². The van der Waals surface area contributed by atoms with Gasteiger partial charge in [0, 0.05) is 47.8 Å². The summed E-state index contributed by atoms with van der Waals surface area (Å²) in [4.78, 5) is 30.9. The van der Waals surface area contributed by atoms with Crippen LogP contribution in [0.3, 0.4) is 0 Å². The van der Waals surface area contributed by atoms with Crippen LogP contribution in [0.15, 0.2) is 81.2 Å². The predicted octanol–water partition coefficient (Wildman–Crippen LogP) is 4.29. The van der Waals surface area contributed by atoms with E-state index < -0.39 is 11.5 Å². The molecule has 3 unspecified atom stereocenters. The molecule has 0 radical (unpaired) electrons. The number of esters is 1. The molecule has 0 spiro atoms. The van der Waals surface area contributed by atoms with Gasteiger partial charge in [-0.05, 0) is 54.2 Å². The number of aliphatic hydroxyl groups is 2. The van der Waals surface area contributed by atoms with Crippen molar-refractivity contribution >= 4 is 35.8 Å². The SMILES string of the molecule is C[C@]12CC[C@@H](O)[C@@](C)(CO)C1CC1=Nc3nccn3CC1C2/C=C/C1=CC(=C\c2ccc(C3=NCC=N3)cc2)/OC1=O. The number of aromatic nitrogens is 2. The summed E-state index contributed by atoms with van der Waals surface area (Å²) < 4.78 is 7.70. The third kappa shape index (κ3) is 4.34. The van der Waals surface area contributed by atoms with Crippen molar-refractivity contribution < 1.29 is 19.7 Å². The second kappa shape index (κ2) is 10.1. The highest BCUT2D eigenvalue weighted by Gasteiger charge is 2.60. The first-order chi connectivity index (χ1) is 20.3. The first-order valence-electron chi connectivity index (χ1n) is 14.7. The number of aliphatic imine (C=N–C) groups is 3. The molecule has 9 heteroatoms. The van der Waals surface area contributed by atoms with Crippen LogP contribution in [0.1, 0.15) is 44.2 Å². The monoisotopic (exact) mass is 565 g/mol. The van der Waals surface area contributed by atoms with E-state index in [1.807, 2.05) is 49.5 Å². The lowest BCUT2D eigenvalue weighted by molar-refractivity contribution is -0.147. The van der Waals surface area contributed by atoms with Gasteiger partial charge in [0.15, 0.2) is 5.84 Å². The zero-order valence-corrected chi connectivity index (χ0v) is 23.8. The summed E-state index contributed by atoms with van der Waals surface area (Å²) in [6, 6.07) is 7.85. The number of carbonyl (C=O) groups is 1. The maximum absolute atomic E-state index is 12.9. The van der Waals surface area contributed by atoms with Crippen molar-refractivity contribution in [3.05, 3.63) is 77.3 Å². The second-order valence-corrected chi connectivity index (χ2v) is 12.6. The first kappa shape index (κ1) is 26.9. The van der Waals surface area contributed by atoms with Crippen molar-refractivity contribution in [2.75, 3.05) is 13.2 Å². The summed E-state index contributed by atoms with van der Waals surface area (Å²) in [5, 5.41) is 21.5. The van der Waals surface area contributed by atoms with Crippen LogP contribution in [0.5, 0.6) is 0 Å². The number of rotatable bonds is 5. The smallest absolute Gasteiger partial charge is 0.343 e. The van der Waals surface area contributed by atoms with Crippen molar-refractivity contribution in [2.24, 2.45) is 43.6 Å². The molecule has 2 aliphatic carbocycles. The van der Waals surface area contributed by atoms with Crippen LogP contribution in [0.4, 0.5) is 5.95 Å². The van der Waals surface area contributed by atoms with E-state index in [-0.39, 0.29) is 35.7 Å². The number of fused-ring (bicyclic) bond motifs is 3. The van der Waals surface area contributed by atoms with Crippen LogP contribution in [-0.4, -0.2) is 62.8 Å². The van der Waals surface area contributed by atoms with E-state index in [2.05, 4.69) is 32.5 Å². The fourth-order valence-electron chi connectivity index (χ4n) is 7.80. The van der Waals surface area contributed by atoms with Crippen LogP contribution in [0.25, 0.3) is 6.08 Å². The van der Waals surface area contributed by atoms with E-state index in [0.717, 1.165) is 35.6 Å². The van der Waals surface area contributed by atoms with Gasteiger partial charge < -0.3 is 19.5 Å². The molecule has 42 heavy (non-hydrogen) atoms. The number of hydrogen-bond acceptors (Lipinski definition) is 8. The Bertz CT molecular complexity index is 1610. The quantitative estimate of drug-likeness (QED) is 0.524. The number of nitrogens with zero attached hydrogens (tertiary/aromatic N) is 5. The van der Waals surface area contributed by atoms with Gasteiger partial charge in [0.05, 0.1) is 24.8 Å². The van der Waals surface area contributed by atoms with Crippen LogP contribution < -0.4 is 0 Å². The van der Waals surface area contributed by atoms with Crippen LogP contribution in [0.2, 0.25) is 0 Å². The Morgan fingerprint density at radius 2 is 2.05 bits per heavy atom. The molecule has 1 aromatic heterocycles. The largest absolute Gasteiger partial charge is 0.423 e. The fourth-order valence-corrected chi connectivity index (χ4v) is 7.80. The number of benzene rings is 1. The molecule has 0 saturated heterocycles. The van der Waals surface area contributed by atoms with Crippen LogP contribution in [-0.2, 0) is 16.1 Å². The van der Waals surface area contributed by atoms with Gasteiger partial charge in [-0.15, -0.1) is 0 Å². The lowest BCUT2D eigenvalue weighted by atomic mass is 9.45. The number of allylic oxidation sites excluding steroid dienone is 2. The Labute approximate surface area is 244 Å². The third-order valence-electron chi connectivity index (χ3n) is 10.3. The number of amidine groups is 1. The van der Waals surface area contributed by atoms with Gasteiger partial charge in [-0.3, -0.25) is 4.99 Å². The molecular weight excluding hydrogens is 530 g/mol. The van der Waals surface area contributed by atoms with E-state index in [1.165, 1.54) is 0 Å². The van der Waals surface area contributed by atoms with E-state index in [9.17, 15) is 15.0 Å². The van der Waals surface area contributed by atoms with Gasteiger partial charge in [0.1, 0.15) is 5.76 Å². The Kier molecular flexibility index (Phi) is 6.47. The summed E-state index contributed by atoms with van der Waals surface area (Å²) in [6.07, 6.45) is 14.8. The molecule has 2 saturated carbocycles. The lowest BCUT2D eigenvalue weighted by Crippen LogP contribution is -2.60. The van der Waals surface area contributed by atoms with Gasteiger partial charge in [-0.2, -0.15) is 0 Å². The molecule has 2 fully saturated rings. The molecule has 0 amide bonds. The lowest BCUT2D eigenvalue weighted by Gasteiger charge is -2.61. The topological polar surface area (TPSA) is 122 Å². The predicted molar refractivity (Wildman–Crippen MR) is 161 cm³/mol. The van der Waals surface area contributed by atoms with E-state index in [1.54, 1.807) is 18.5 Å². The van der Waals surface area contributed by atoms with E-state index >= 15 is 0 Å². The minimum Gasteiger partial charge on any atom is -0.423 e. The average molecular weight is 566 g/mol. The van der Waals surface area contributed by atoms with Gasteiger partial charge in [-0.1, -0.05) is 50.3 Å². The van der Waals surface area contributed by atoms with Crippen molar-refractivity contribution in [3.63, 3.8) is 0 Å². The number of aliphatic hydroxyl groups excluding tert-OH is 2. The Morgan fingerprint density at radius 1 is 1.21 bits per heavy atom. The number of cyclic esters (lactones) is 1. The fraction of sp³-hybridized carbons (Fsp3) is 0.424. The van der Waals surface area contributed by atoms with Crippen molar-refractivity contribution in [3.8, 4) is 0 Å². The molecular formula is C33H35N5O4. The highest BCUT2D eigenvalue weighted by Crippen LogP contribution is 2.61. The minimum absolute atomic E-state index is 0.0220. The summed E-state index contributed by atoms with van der Waals surface area (Å²) >= 11 is 0. The Hall–Kier alpha value is -3.95. The molecule has 2 aromatic rings. The van der Waals surface area contributed by atoms with E-state index in [0.29, 0.717) is 36.7 Å². The summed E-state index contributed by atoms with van der Waals surface area (Å²) in [5.74, 6) is 1.73. The average Bonchev–Trinajstić information content (AvgIpc) is 3.75. The first-order valence-corrected chi connectivity index (χ1v) is 14.7. The molecule has 5 aliphatic rings. The maximum atomic E-state index is 12.9. The summed E-state index contributed by atoms with van der Waals surface area (Å²) in [7, 11) is 0. The van der Waals surface area contributed by atoms with Gasteiger partial charge in [0.2, 0.25) is 5.95 Å². The van der Waals surface area contributed by atoms with Gasteiger partial charge in [-0.25, -0.2) is 19.8 Å². The molecule has 9 nitrogen and oxygen atoms in total. The summed E-state index contributed by atoms with van der Waals surface area (Å²) in [5.41, 5.74) is 2.57. The number of ether oxygens (including phenoxy) is 1. The molecule has 216 valence electrons. The second-order valence-electron chi connectivity index (χ2n) is 12.6. The van der Waals surface area contributed by atoms with Crippen LogP contribution in [0, 0.1) is 28.6 Å². The van der Waals surface area contributed by atoms with Crippen molar-refractivity contribution in [2.45, 2.75) is 45.8 Å². The third-order valence-corrected chi connectivity index (χ3v) is 10.3. The Balaban J connectivity index is 1.20. The van der Waals surface area contributed by atoms with Gasteiger partial charge >= 0.3 is 5.97 Å². The van der Waals surface area contributed by atoms with Crippen LogP contribution >= 0.6 is 0 Å². The number of carbonyl (C=O) groups excluding carboxylic acids is 1. The Morgan fingerprint density at radius 3 is 2.81 bits per heavy atom. The molecule has 3 aliphatic heterocycles. The molecule has 7 rings (SSSR count). The minimum atomic E-state index is -0.646. The number of hydrogen-bond donors (Lipinski definition) is 2. The molecule has 0 bridgehead atoms. The van der Waals surface area contributed by atoms with Gasteiger partial charge in [0.25, 0.3) is 0 Å². The molecule has 1 aromatic carbocycles. The van der Waals surface area contributed by atoms with Crippen molar-refractivity contribution in [1.29, 1.82) is 0 Å².